The van der Waals surface area contributed by atoms with Gasteiger partial charge in [-0.15, -0.1) is 4.91 Å². The van der Waals surface area contributed by atoms with E-state index in [1.807, 2.05) is 19.9 Å². The first-order valence-corrected chi connectivity index (χ1v) is 13.7. The number of hydrogen-bond donors (Lipinski definition) is 3. The summed E-state index contributed by atoms with van der Waals surface area (Å²) >= 11 is 1.10. The molecule has 0 spiro atoms. The number of thioether (sulfide) groups is 1. The molecular weight excluding hydrogens is 546 g/mol. The average Bonchev–Trinajstić information content (AvgIpc) is 2.92. The number of rotatable bonds is 10. The van der Waals surface area contributed by atoms with Crippen molar-refractivity contribution in [3.8, 4) is 11.5 Å². The van der Waals surface area contributed by atoms with E-state index in [-0.39, 0.29) is 10.8 Å². The fraction of sp³-hybridized carbons (Fsp3) is 0.333. The predicted molar refractivity (Wildman–Crippen MR) is 163 cm³/mol. The van der Waals surface area contributed by atoms with Crippen LogP contribution in [0.4, 0.5) is 21.9 Å². The molecule has 1 atom stereocenters. The van der Waals surface area contributed by atoms with Crippen LogP contribution in [-0.4, -0.2) is 36.2 Å². The Hall–Kier alpha value is -4.09. The normalized spacial score (nSPS) is 11.8. The van der Waals surface area contributed by atoms with Crippen LogP contribution in [0, 0.1) is 4.91 Å². The van der Waals surface area contributed by atoms with Crippen LogP contribution in [0.25, 0.3) is 10.8 Å². The Kier molecular flexibility index (Phi) is 10.4. The highest BCUT2D eigenvalue weighted by atomic mass is 32.2. The van der Waals surface area contributed by atoms with Gasteiger partial charge in [0.05, 0.1) is 30.7 Å². The molecule has 0 fully saturated rings. The summed E-state index contributed by atoms with van der Waals surface area (Å²) in [5, 5.41) is 15.7. The van der Waals surface area contributed by atoms with Gasteiger partial charge in [0, 0.05) is 22.1 Å². The van der Waals surface area contributed by atoms with E-state index in [2.05, 4.69) is 16.0 Å². The molecule has 0 saturated heterocycles. The van der Waals surface area contributed by atoms with Crippen molar-refractivity contribution in [3.05, 3.63) is 70.1 Å². The first-order valence-electron chi connectivity index (χ1n) is 12.8. The molecule has 0 aliphatic carbocycles. The van der Waals surface area contributed by atoms with Gasteiger partial charge in [-0.1, -0.05) is 23.4 Å². The minimum absolute atomic E-state index is 0.0985. The fourth-order valence-electron chi connectivity index (χ4n) is 4.18. The van der Waals surface area contributed by atoms with Crippen LogP contribution < -0.4 is 20.3 Å². The Morgan fingerprint density at radius 3 is 2.27 bits per heavy atom. The predicted octanol–water partition coefficient (Wildman–Crippen LogP) is 8.37. The van der Waals surface area contributed by atoms with Crippen molar-refractivity contribution < 1.29 is 29.0 Å². The minimum atomic E-state index is -0.637. The molecule has 1 unspecified atom stereocenters. The van der Waals surface area contributed by atoms with Crippen molar-refractivity contribution in [1.29, 1.82) is 0 Å². The van der Waals surface area contributed by atoms with Crippen LogP contribution >= 0.6 is 11.8 Å². The van der Waals surface area contributed by atoms with E-state index in [1.165, 1.54) is 26.4 Å². The van der Waals surface area contributed by atoms with E-state index in [0.717, 1.165) is 17.3 Å². The summed E-state index contributed by atoms with van der Waals surface area (Å²) in [5.41, 5.74) is 4.51. The van der Waals surface area contributed by atoms with Gasteiger partial charge < -0.3 is 14.2 Å². The standard InChI is InChI=1S/C30H35N3O7S/c1-17(2)8-15-24(41-28(34)18-9-11-19(12-10-18)31-29(35)40-30(3,4)5)20-16-23(38-6)25-21(32-36)13-14-22(33-37)26(25)27(20)39-7/h8-14,16,24,32,36H,15H2,1-7H3,(H,31,35). The Morgan fingerprint density at radius 1 is 1.05 bits per heavy atom. The van der Waals surface area contributed by atoms with Gasteiger partial charge in [-0.2, -0.15) is 0 Å². The van der Waals surface area contributed by atoms with Crippen LogP contribution in [0.15, 0.2) is 59.3 Å². The van der Waals surface area contributed by atoms with Gasteiger partial charge in [0.2, 0.25) is 5.12 Å². The van der Waals surface area contributed by atoms with Gasteiger partial charge in [-0.25, -0.2) is 4.79 Å². The average molecular weight is 582 g/mol. The van der Waals surface area contributed by atoms with Gasteiger partial charge in [-0.05, 0) is 88.7 Å². The van der Waals surface area contributed by atoms with Gasteiger partial charge >= 0.3 is 6.09 Å². The zero-order valence-electron chi connectivity index (χ0n) is 24.2. The molecule has 0 aromatic heterocycles. The first kappa shape index (κ1) is 31.4. The number of carbonyl (C=O) groups excluding carboxylic acids is 2. The molecule has 218 valence electrons. The number of carbonyl (C=O) groups is 2. The van der Waals surface area contributed by atoms with E-state index in [4.69, 9.17) is 14.2 Å². The molecule has 0 saturated carbocycles. The third kappa shape index (κ3) is 7.77. The Balaban J connectivity index is 2.03. The summed E-state index contributed by atoms with van der Waals surface area (Å²) in [5.74, 6) is 0.711. The quantitative estimate of drug-likeness (QED) is 0.122. The number of anilines is 2. The van der Waals surface area contributed by atoms with Crippen molar-refractivity contribution >= 4 is 50.8 Å². The number of methoxy groups -OCH3 is 2. The summed E-state index contributed by atoms with van der Waals surface area (Å²) in [7, 11) is 2.95. The third-order valence-corrected chi connectivity index (χ3v) is 7.13. The van der Waals surface area contributed by atoms with Crippen LogP contribution in [0.3, 0.4) is 0 Å². The maximum Gasteiger partial charge on any atom is 0.412 e. The highest BCUT2D eigenvalue weighted by molar-refractivity contribution is 8.14. The second kappa shape index (κ2) is 13.5. The van der Waals surface area contributed by atoms with Crippen LogP contribution in [0.2, 0.25) is 0 Å². The molecule has 41 heavy (non-hydrogen) atoms. The molecule has 1 amide bonds. The second-order valence-corrected chi connectivity index (χ2v) is 11.6. The number of nitrogens with one attached hydrogen (secondary N) is 2. The van der Waals surface area contributed by atoms with E-state index < -0.39 is 16.9 Å². The highest BCUT2D eigenvalue weighted by Gasteiger charge is 2.27. The smallest absolute Gasteiger partial charge is 0.412 e. The molecule has 11 heteroatoms. The number of hydrogen-bond acceptors (Lipinski definition) is 10. The third-order valence-electron chi connectivity index (χ3n) is 5.95. The molecule has 0 aliphatic heterocycles. The lowest BCUT2D eigenvalue weighted by Gasteiger charge is -2.22. The highest BCUT2D eigenvalue weighted by Crippen LogP contribution is 2.50. The summed E-state index contributed by atoms with van der Waals surface area (Å²) in [6.45, 7) is 9.25. The van der Waals surface area contributed by atoms with Crippen molar-refractivity contribution in [2.45, 2.75) is 51.9 Å². The molecule has 0 heterocycles. The second-order valence-electron chi connectivity index (χ2n) is 10.4. The molecule has 0 radical (unpaired) electrons. The van der Waals surface area contributed by atoms with Crippen molar-refractivity contribution in [3.63, 3.8) is 0 Å². The number of amides is 1. The van der Waals surface area contributed by atoms with E-state index >= 15 is 0 Å². The topological polar surface area (TPSA) is 136 Å². The van der Waals surface area contributed by atoms with Crippen LogP contribution in [-0.2, 0) is 4.74 Å². The molecule has 0 bridgehead atoms. The number of nitrogens with zero attached hydrogens (tertiary/aromatic N) is 1. The first-order chi connectivity index (χ1) is 19.4. The van der Waals surface area contributed by atoms with Gasteiger partial charge in [0.15, 0.2) is 0 Å². The lowest BCUT2D eigenvalue weighted by molar-refractivity contribution is 0.0636. The van der Waals surface area contributed by atoms with Gasteiger partial charge in [0.25, 0.3) is 0 Å². The molecule has 3 aromatic carbocycles. The molecule has 3 N–H and O–H groups in total. The molecule has 3 rings (SSSR count). The zero-order chi connectivity index (χ0) is 30.3. The lowest BCUT2D eigenvalue weighted by atomic mass is 9.97. The van der Waals surface area contributed by atoms with Crippen molar-refractivity contribution in [1.82, 2.24) is 0 Å². The van der Waals surface area contributed by atoms with Crippen molar-refractivity contribution in [2.75, 3.05) is 25.0 Å². The Bertz CT molecular complexity index is 1460. The summed E-state index contributed by atoms with van der Waals surface area (Å²) in [4.78, 5) is 37.4. The van der Waals surface area contributed by atoms with Gasteiger partial charge in [0.1, 0.15) is 22.8 Å². The largest absolute Gasteiger partial charge is 0.496 e. The zero-order valence-corrected chi connectivity index (χ0v) is 25.0. The summed E-state index contributed by atoms with van der Waals surface area (Å²) < 4.78 is 16.7. The van der Waals surface area contributed by atoms with Crippen LogP contribution in [0.5, 0.6) is 11.5 Å². The van der Waals surface area contributed by atoms with E-state index in [9.17, 15) is 19.7 Å². The van der Waals surface area contributed by atoms with Crippen LogP contribution in [0.1, 0.15) is 62.2 Å². The molecule has 3 aromatic rings. The molecule has 10 nitrogen and oxygen atoms in total. The maximum absolute atomic E-state index is 13.5. The van der Waals surface area contributed by atoms with Gasteiger partial charge in [-0.3, -0.25) is 20.8 Å². The summed E-state index contributed by atoms with van der Waals surface area (Å²) in [6, 6.07) is 11.3. The number of benzene rings is 3. The lowest BCUT2D eigenvalue weighted by Crippen LogP contribution is -2.27. The summed E-state index contributed by atoms with van der Waals surface area (Å²) in [6.07, 6.45) is 1.90. The van der Waals surface area contributed by atoms with E-state index in [0.29, 0.717) is 51.2 Å². The monoisotopic (exact) mass is 581 g/mol. The number of fused-ring (bicyclic) bond motifs is 1. The number of ether oxygens (including phenoxy) is 3. The molecule has 0 aliphatic rings. The fourth-order valence-corrected chi connectivity index (χ4v) is 5.20. The molecular formula is C30H35N3O7S. The maximum atomic E-state index is 13.5. The Morgan fingerprint density at radius 2 is 1.73 bits per heavy atom. The minimum Gasteiger partial charge on any atom is -0.496 e. The van der Waals surface area contributed by atoms with E-state index in [1.54, 1.807) is 51.1 Å². The SMILES string of the molecule is COc1cc(C(CC=C(C)C)SC(=O)c2ccc(NC(=O)OC(C)(C)C)cc2)c(OC)c2c(N=O)ccc(NO)c12. The van der Waals surface area contributed by atoms with Crippen molar-refractivity contribution in [2.24, 2.45) is 5.18 Å². The number of nitroso groups, excluding NO2 is 1. The number of allylic oxidation sites excluding steroid dienone is 2. The Labute approximate surface area is 243 Å².